The first-order valence-electron chi connectivity index (χ1n) is 6.39. The van der Waals surface area contributed by atoms with Crippen molar-refractivity contribution in [3.8, 4) is 11.8 Å². The second kappa shape index (κ2) is 7.07. The van der Waals surface area contributed by atoms with Gasteiger partial charge in [-0.2, -0.15) is 5.26 Å². The highest BCUT2D eigenvalue weighted by molar-refractivity contribution is 6.32. The van der Waals surface area contributed by atoms with Crippen LogP contribution in [0.2, 0.25) is 5.02 Å². The topological polar surface area (TPSA) is 45.0 Å². The quantitative estimate of drug-likeness (QED) is 0.917. The van der Waals surface area contributed by atoms with Crippen LogP contribution in [-0.4, -0.2) is 7.05 Å². The highest BCUT2D eigenvalue weighted by atomic mass is 35.5. The Morgan fingerprint density at radius 3 is 2.86 bits per heavy atom. The van der Waals surface area contributed by atoms with E-state index < -0.39 is 5.82 Å². The SMILES string of the molecule is CNCc1cccc(Cl)c1OCc1ccc(F)c(C#N)c1. The molecule has 0 aromatic heterocycles. The number of halogens is 2. The molecule has 0 aliphatic carbocycles. The van der Waals surface area contributed by atoms with Crippen LogP contribution in [0.4, 0.5) is 4.39 Å². The number of para-hydroxylation sites is 1. The second-order valence-corrected chi connectivity index (χ2v) is 4.88. The van der Waals surface area contributed by atoms with Crippen LogP contribution in [0.15, 0.2) is 36.4 Å². The number of hydrogen-bond acceptors (Lipinski definition) is 3. The average molecular weight is 305 g/mol. The monoisotopic (exact) mass is 304 g/mol. The molecule has 0 unspecified atom stereocenters. The van der Waals surface area contributed by atoms with E-state index in [0.717, 1.165) is 5.56 Å². The minimum atomic E-state index is -0.533. The Kier molecular flexibility index (Phi) is 5.15. The lowest BCUT2D eigenvalue weighted by atomic mass is 10.1. The van der Waals surface area contributed by atoms with Gasteiger partial charge in [-0.05, 0) is 30.8 Å². The third-order valence-corrected chi connectivity index (χ3v) is 3.25. The molecule has 2 aromatic carbocycles. The van der Waals surface area contributed by atoms with Crippen molar-refractivity contribution in [3.63, 3.8) is 0 Å². The van der Waals surface area contributed by atoms with Gasteiger partial charge in [0.2, 0.25) is 0 Å². The largest absolute Gasteiger partial charge is 0.487 e. The summed E-state index contributed by atoms with van der Waals surface area (Å²) in [4.78, 5) is 0. The summed E-state index contributed by atoms with van der Waals surface area (Å²) >= 11 is 6.15. The number of hydrogen-bond donors (Lipinski definition) is 1. The van der Waals surface area contributed by atoms with Crippen molar-refractivity contribution in [2.24, 2.45) is 0 Å². The van der Waals surface area contributed by atoms with Crippen LogP contribution in [-0.2, 0) is 13.2 Å². The summed E-state index contributed by atoms with van der Waals surface area (Å²) in [5.74, 6) is 0.0613. The van der Waals surface area contributed by atoms with Crippen molar-refractivity contribution in [2.45, 2.75) is 13.2 Å². The predicted octanol–water partition coefficient (Wildman–Crippen LogP) is 3.65. The molecule has 0 bridgehead atoms. The molecule has 0 amide bonds. The first-order chi connectivity index (χ1) is 10.2. The molecular formula is C16H14ClFN2O. The number of nitriles is 1. The average Bonchev–Trinajstić information content (AvgIpc) is 2.48. The van der Waals surface area contributed by atoms with Crippen LogP contribution < -0.4 is 10.1 Å². The molecule has 108 valence electrons. The summed E-state index contributed by atoms with van der Waals surface area (Å²) in [7, 11) is 1.84. The van der Waals surface area contributed by atoms with E-state index in [1.165, 1.54) is 12.1 Å². The first kappa shape index (κ1) is 15.3. The van der Waals surface area contributed by atoms with Crippen molar-refractivity contribution in [1.82, 2.24) is 5.32 Å². The molecule has 0 saturated heterocycles. The molecule has 0 atom stereocenters. The molecule has 0 spiro atoms. The maximum atomic E-state index is 13.3. The van der Waals surface area contributed by atoms with Crippen LogP contribution in [0.5, 0.6) is 5.75 Å². The first-order valence-corrected chi connectivity index (χ1v) is 6.77. The van der Waals surface area contributed by atoms with Crippen LogP contribution >= 0.6 is 11.6 Å². The van der Waals surface area contributed by atoms with Crippen molar-refractivity contribution in [1.29, 1.82) is 5.26 Å². The molecule has 0 fully saturated rings. The molecule has 21 heavy (non-hydrogen) atoms. The molecule has 5 heteroatoms. The summed E-state index contributed by atoms with van der Waals surface area (Å²) < 4.78 is 19.0. The minimum Gasteiger partial charge on any atom is -0.487 e. The Hall–Kier alpha value is -2.09. The molecule has 0 heterocycles. The van der Waals surface area contributed by atoms with E-state index in [0.29, 0.717) is 22.9 Å². The van der Waals surface area contributed by atoms with Gasteiger partial charge in [-0.25, -0.2) is 4.39 Å². The molecule has 0 aliphatic rings. The van der Waals surface area contributed by atoms with Gasteiger partial charge < -0.3 is 10.1 Å². The van der Waals surface area contributed by atoms with Crippen molar-refractivity contribution >= 4 is 11.6 Å². The van der Waals surface area contributed by atoms with E-state index in [4.69, 9.17) is 21.6 Å². The molecule has 3 nitrogen and oxygen atoms in total. The highest BCUT2D eigenvalue weighted by Crippen LogP contribution is 2.29. The minimum absolute atomic E-state index is 0.00528. The lowest BCUT2D eigenvalue weighted by molar-refractivity contribution is 0.302. The fourth-order valence-electron chi connectivity index (χ4n) is 1.95. The zero-order valence-electron chi connectivity index (χ0n) is 11.5. The molecule has 0 radical (unpaired) electrons. The summed E-state index contributed by atoms with van der Waals surface area (Å²) in [6.07, 6.45) is 0. The van der Waals surface area contributed by atoms with Crippen molar-refractivity contribution in [2.75, 3.05) is 7.05 Å². The number of nitrogens with one attached hydrogen (secondary N) is 1. The summed E-state index contributed by atoms with van der Waals surface area (Å²) in [5.41, 5.74) is 1.65. The van der Waals surface area contributed by atoms with E-state index in [2.05, 4.69) is 5.32 Å². The number of ether oxygens (including phenoxy) is 1. The van der Waals surface area contributed by atoms with E-state index in [1.807, 2.05) is 25.2 Å². The van der Waals surface area contributed by atoms with E-state index in [1.54, 1.807) is 12.1 Å². The molecule has 0 aliphatic heterocycles. The summed E-state index contributed by atoms with van der Waals surface area (Å²) in [6, 6.07) is 11.7. The van der Waals surface area contributed by atoms with Gasteiger partial charge in [-0.15, -0.1) is 0 Å². The summed E-state index contributed by atoms with van der Waals surface area (Å²) in [6.45, 7) is 0.845. The zero-order chi connectivity index (χ0) is 15.2. The van der Waals surface area contributed by atoms with Gasteiger partial charge in [0, 0.05) is 12.1 Å². The van der Waals surface area contributed by atoms with E-state index >= 15 is 0 Å². The van der Waals surface area contributed by atoms with E-state index in [-0.39, 0.29) is 12.2 Å². The van der Waals surface area contributed by atoms with Crippen molar-refractivity contribution in [3.05, 3.63) is 63.9 Å². The molecule has 2 aromatic rings. The molecule has 1 N–H and O–H groups in total. The normalized spacial score (nSPS) is 10.2. The second-order valence-electron chi connectivity index (χ2n) is 4.47. The Labute approximate surface area is 127 Å². The Balaban J connectivity index is 2.19. The lowest BCUT2D eigenvalue weighted by Gasteiger charge is -2.13. The predicted molar refractivity (Wildman–Crippen MR) is 79.7 cm³/mol. The Morgan fingerprint density at radius 1 is 1.33 bits per heavy atom. The number of rotatable bonds is 5. The van der Waals surface area contributed by atoms with E-state index in [9.17, 15) is 4.39 Å². The van der Waals surface area contributed by atoms with Crippen molar-refractivity contribution < 1.29 is 9.13 Å². The van der Waals surface area contributed by atoms with Gasteiger partial charge in [-0.3, -0.25) is 0 Å². The van der Waals surface area contributed by atoms with Crippen LogP contribution in [0.1, 0.15) is 16.7 Å². The molecular weight excluding hydrogens is 291 g/mol. The Bertz CT molecular complexity index is 682. The highest BCUT2D eigenvalue weighted by Gasteiger charge is 2.09. The molecule has 0 saturated carbocycles. The maximum Gasteiger partial charge on any atom is 0.142 e. The Morgan fingerprint density at radius 2 is 2.14 bits per heavy atom. The third kappa shape index (κ3) is 3.72. The lowest BCUT2D eigenvalue weighted by Crippen LogP contribution is -2.08. The van der Waals surface area contributed by atoms with Gasteiger partial charge in [0.25, 0.3) is 0 Å². The van der Waals surface area contributed by atoms with Crippen LogP contribution in [0.25, 0.3) is 0 Å². The zero-order valence-corrected chi connectivity index (χ0v) is 12.2. The van der Waals surface area contributed by atoms with Gasteiger partial charge in [0.15, 0.2) is 0 Å². The van der Waals surface area contributed by atoms with Gasteiger partial charge in [0.1, 0.15) is 24.2 Å². The maximum absolute atomic E-state index is 13.3. The van der Waals surface area contributed by atoms with Crippen LogP contribution in [0, 0.1) is 17.1 Å². The number of benzene rings is 2. The standard InChI is InChI=1S/C16H14ClFN2O/c1-20-9-12-3-2-4-14(17)16(12)21-10-11-5-6-15(18)13(7-11)8-19/h2-7,20H,9-10H2,1H3. The summed E-state index contributed by atoms with van der Waals surface area (Å²) in [5, 5.41) is 12.4. The third-order valence-electron chi connectivity index (χ3n) is 2.95. The van der Waals surface area contributed by atoms with Crippen LogP contribution in [0.3, 0.4) is 0 Å². The van der Waals surface area contributed by atoms with Gasteiger partial charge in [0.05, 0.1) is 10.6 Å². The number of nitrogens with zero attached hydrogens (tertiary/aromatic N) is 1. The molecule has 2 rings (SSSR count). The fraction of sp³-hybridized carbons (Fsp3) is 0.188. The van der Waals surface area contributed by atoms with Gasteiger partial charge >= 0.3 is 0 Å². The fourth-order valence-corrected chi connectivity index (χ4v) is 2.20. The van der Waals surface area contributed by atoms with Gasteiger partial charge in [-0.1, -0.05) is 29.8 Å². The smallest absolute Gasteiger partial charge is 0.142 e.